The number of nitrogens with one attached hydrogen (secondary N) is 2. The van der Waals surface area contributed by atoms with E-state index >= 15 is 0 Å². The van der Waals surface area contributed by atoms with E-state index in [1.165, 1.54) is 0 Å². The van der Waals surface area contributed by atoms with Crippen LogP contribution in [-0.4, -0.2) is 24.6 Å². The first-order valence-corrected chi connectivity index (χ1v) is 8.19. The van der Waals surface area contributed by atoms with Crippen LogP contribution in [0.1, 0.15) is 34.8 Å². The lowest BCUT2D eigenvalue weighted by Crippen LogP contribution is -2.46. The number of benzene rings is 2. The number of hydrogen-bond acceptors (Lipinski definition) is 3. The molecule has 0 bridgehead atoms. The quantitative estimate of drug-likeness (QED) is 0.314. The Bertz CT molecular complexity index is 729. The Balaban J connectivity index is 0.00000338. The SMILES string of the molecule is CCCN=C(NNC(N)=NCc1ccccc1)c1ccc(C=O)cc1.Cl. The molecule has 0 aromatic heterocycles. The van der Waals surface area contributed by atoms with Crippen molar-refractivity contribution in [2.75, 3.05) is 6.54 Å². The minimum Gasteiger partial charge on any atom is -0.369 e. The molecule has 4 N–H and O–H groups in total. The largest absolute Gasteiger partial charge is 0.369 e. The van der Waals surface area contributed by atoms with E-state index < -0.39 is 0 Å². The second-order valence-electron chi connectivity index (χ2n) is 5.41. The second-order valence-corrected chi connectivity index (χ2v) is 5.41. The van der Waals surface area contributed by atoms with Gasteiger partial charge in [-0.1, -0.05) is 61.5 Å². The van der Waals surface area contributed by atoms with Crippen LogP contribution in [0.5, 0.6) is 0 Å². The minimum atomic E-state index is 0. The Morgan fingerprint density at radius 1 is 1.04 bits per heavy atom. The van der Waals surface area contributed by atoms with E-state index in [4.69, 9.17) is 5.73 Å². The summed E-state index contributed by atoms with van der Waals surface area (Å²) in [6.07, 6.45) is 1.74. The normalized spacial score (nSPS) is 11.4. The van der Waals surface area contributed by atoms with Gasteiger partial charge in [0.2, 0.25) is 5.96 Å². The Hall–Kier alpha value is -2.86. The van der Waals surface area contributed by atoms with Crippen LogP contribution in [0.4, 0.5) is 0 Å². The topological polar surface area (TPSA) is 91.9 Å². The smallest absolute Gasteiger partial charge is 0.208 e. The molecule has 0 unspecified atom stereocenters. The minimum absolute atomic E-state index is 0. The van der Waals surface area contributed by atoms with Crippen molar-refractivity contribution in [3.63, 3.8) is 0 Å². The number of rotatable bonds is 6. The maximum atomic E-state index is 10.8. The third kappa shape index (κ3) is 6.94. The van der Waals surface area contributed by atoms with Crippen LogP contribution < -0.4 is 16.6 Å². The lowest BCUT2D eigenvalue weighted by molar-refractivity contribution is 0.112. The van der Waals surface area contributed by atoms with Crippen molar-refractivity contribution in [3.8, 4) is 0 Å². The van der Waals surface area contributed by atoms with Gasteiger partial charge < -0.3 is 5.73 Å². The number of nitrogens with two attached hydrogens (primary N) is 1. The molecule has 2 aromatic carbocycles. The van der Waals surface area contributed by atoms with E-state index in [0.717, 1.165) is 23.8 Å². The summed E-state index contributed by atoms with van der Waals surface area (Å²) >= 11 is 0. The zero-order valence-electron chi connectivity index (χ0n) is 14.7. The average molecular weight is 374 g/mol. The predicted octanol–water partition coefficient (Wildman–Crippen LogP) is 2.69. The van der Waals surface area contributed by atoms with Gasteiger partial charge in [0.1, 0.15) is 12.1 Å². The number of carbonyl (C=O) groups excluding carboxylic acids is 1. The first-order chi connectivity index (χ1) is 12.2. The van der Waals surface area contributed by atoms with Crippen molar-refractivity contribution >= 4 is 30.5 Å². The van der Waals surface area contributed by atoms with Crippen molar-refractivity contribution in [1.29, 1.82) is 0 Å². The monoisotopic (exact) mass is 373 g/mol. The number of halogens is 1. The fourth-order valence-electron chi connectivity index (χ4n) is 2.07. The molecule has 0 aliphatic heterocycles. The highest BCUT2D eigenvalue weighted by Gasteiger charge is 2.04. The zero-order chi connectivity index (χ0) is 17.9. The van der Waals surface area contributed by atoms with Crippen molar-refractivity contribution in [2.24, 2.45) is 15.7 Å². The predicted molar refractivity (Wildman–Crippen MR) is 109 cm³/mol. The molecule has 0 spiro atoms. The number of nitrogens with zero attached hydrogens (tertiary/aromatic N) is 2. The lowest BCUT2D eigenvalue weighted by Gasteiger charge is -2.12. The van der Waals surface area contributed by atoms with Gasteiger partial charge in [0.25, 0.3) is 0 Å². The fraction of sp³-hybridized carbons (Fsp3) is 0.211. The fourth-order valence-corrected chi connectivity index (χ4v) is 2.07. The molecule has 0 amide bonds. The molecule has 0 fully saturated rings. The first-order valence-electron chi connectivity index (χ1n) is 8.19. The van der Waals surface area contributed by atoms with Gasteiger partial charge in [0.05, 0.1) is 6.54 Å². The van der Waals surface area contributed by atoms with E-state index in [1.807, 2.05) is 42.5 Å². The number of amidine groups is 1. The molecule has 6 nitrogen and oxygen atoms in total. The van der Waals surface area contributed by atoms with Gasteiger partial charge in [-0.3, -0.25) is 20.6 Å². The van der Waals surface area contributed by atoms with Crippen LogP contribution in [-0.2, 0) is 6.54 Å². The number of aliphatic imine (C=N–C) groups is 2. The van der Waals surface area contributed by atoms with Crippen molar-refractivity contribution in [3.05, 3.63) is 71.3 Å². The van der Waals surface area contributed by atoms with Crippen molar-refractivity contribution in [1.82, 2.24) is 10.9 Å². The molecule has 0 saturated heterocycles. The number of guanidine groups is 1. The van der Waals surface area contributed by atoms with E-state index in [-0.39, 0.29) is 18.4 Å². The van der Waals surface area contributed by atoms with Gasteiger partial charge in [0.15, 0.2) is 0 Å². The molecule has 2 rings (SSSR count). The summed E-state index contributed by atoms with van der Waals surface area (Å²) in [7, 11) is 0. The Labute approximate surface area is 160 Å². The second kappa shape index (κ2) is 11.7. The highest BCUT2D eigenvalue weighted by atomic mass is 35.5. The van der Waals surface area contributed by atoms with Crippen molar-refractivity contribution in [2.45, 2.75) is 19.9 Å². The number of aldehydes is 1. The number of carbonyl (C=O) groups is 1. The van der Waals surface area contributed by atoms with Gasteiger partial charge in [-0.05, 0) is 12.0 Å². The van der Waals surface area contributed by atoms with Crippen LogP contribution >= 0.6 is 12.4 Å². The Kier molecular flexibility index (Phi) is 9.49. The van der Waals surface area contributed by atoms with E-state index in [2.05, 4.69) is 27.8 Å². The Morgan fingerprint density at radius 2 is 1.73 bits per heavy atom. The lowest BCUT2D eigenvalue weighted by atomic mass is 10.1. The van der Waals surface area contributed by atoms with Gasteiger partial charge >= 0.3 is 0 Å². The molecule has 2 aromatic rings. The molecule has 26 heavy (non-hydrogen) atoms. The summed E-state index contributed by atoms with van der Waals surface area (Å²) in [5.41, 5.74) is 14.3. The number of hydrazine groups is 1. The van der Waals surface area contributed by atoms with E-state index in [0.29, 0.717) is 24.5 Å². The molecule has 0 heterocycles. The first kappa shape index (κ1) is 21.2. The summed E-state index contributed by atoms with van der Waals surface area (Å²) in [5.74, 6) is 0.926. The van der Waals surface area contributed by atoms with Crippen LogP contribution in [0.3, 0.4) is 0 Å². The number of hydrogen-bond donors (Lipinski definition) is 3. The molecule has 0 atom stereocenters. The molecule has 0 aliphatic rings. The van der Waals surface area contributed by atoms with Crippen LogP contribution in [0.15, 0.2) is 64.6 Å². The van der Waals surface area contributed by atoms with E-state index in [1.54, 1.807) is 12.1 Å². The Morgan fingerprint density at radius 3 is 2.35 bits per heavy atom. The molecule has 0 aliphatic carbocycles. The van der Waals surface area contributed by atoms with Gasteiger partial charge in [-0.25, -0.2) is 4.99 Å². The third-order valence-corrected chi connectivity index (χ3v) is 3.40. The molecular weight excluding hydrogens is 350 g/mol. The van der Waals surface area contributed by atoms with Gasteiger partial charge in [0, 0.05) is 17.7 Å². The van der Waals surface area contributed by atoms with Crippen LogP contribution in [0.2, 0.25) is 0 Å². The van der Waals surface area contributed by atoms with Gasteiger partial charge in [-0.2, -0.15) is 0 Å². The summed E-state index contributed by atoms with van der Waals surface area (Å²) in [6, 6.07) is 17.0. The highest BCUT2D eigenvalue weighted by Crippen LogP contribution is 2.03. The summed E-state index contributed by atoms with van der Waals surface area (Å²) in [6.45, 7) is 3.23. The van der Waals surface area contributed by atoms with Crippen LogP contribution in [0, 0.1) is 0 Å². The molecule has 0 saturated carbocycles. The average Bonchev–Trinajstić information content (AvgIpc) is 2.67. The molecule has 0 radical (unpaired) electrons. The van der Waals surface area contributed by atoms with E-state index in [9.17, 15) is 4.79 Å². The highest BCUT2D eigenvalue weighted by molar-refractivity contribution is 6.00. The molecular formula is C19H24ClN5O. The van der Waals surface area contributed by atoms with Crippen molar-refractivity contribution < 1.29 is 4.79 Å². The molecule has 138 valence electrons. The third-order valence-electron chi connectivity index (χ3n) is 3.40. The summed E-state index contributed by atoms with van der Waals surface area (Å²) in [4.78, 5) is 19.6. The zero-order valence-corrected chi connectivity index (χ0v) is 15.5. The van der Waals surface area contributed by atoms with Gasteiger partial charge in [-0.15, -0.1) is 12.4 Å². The standard InChI is InChI=1S/C19H23N5O.ClH/c1-2-12-21-18(17-10-8-16(14-25)9-11-17)23-24-19(20)22-13-15-6-4-3-5-7-15;/h3-11,14H,2,12-13H2,1H3,(H,21,23)(H3,20,22,24);1H. The maximum absolute atomic E-state index is 10.8. The summed E-state index contributed by atoms with van der Waals surface area (Å²) < 4.78 is 0. The molecule has 7 heteroatoms. The summed E-state index contributed by atoms with van der Waals surface area (Å²) in [5, 5.41) is 0. The maximum Gasteiger partial charge on any atom is 0.208 e. The van der Waals surface area contributed by atoms with Crippen LogP contribution in [0.25, 0.3) is 0 Å².